The summed E-state index contributed by atoms with van der Waals surface area (Å²) in [6.45, 7) is 0.893. The molecule has 0 amide bonds. The van der Waals surface area contributed by atoms with Crippen LogP contribution in [-0.4, -0.2) is 32.0 Å². The van der Waals surface area contributed by atoms with E-state index in [2.05, 4.69) is 4.98 Å². The van der Waals surface area contributed by atoms with Crippen LogP contribution >= 0.6 is 0 Å². The number of aliphatic hydroxyl groups excluding tert-OH is 2. The van der Waals surface area contributed by atoms with Gasteiger partial charge >= 0.3 is 0 Å². The van der Waals surface area contributed by atoms with E-state index in [-0.39, 0.29) is 0 Å². The lowest BCUT2D eigenvalue weighted by molar-refractivity contribution is -0.0276. The maximum absolute atomic E-state index is 9.50. The Bertz CT molecular complexity index is 274. The molecule has 3 atom stereocenters. The van der Waals surface area contributed by atoms with Gasteiger partial charge in [0.1, 0.15) is 0 Å². The van der Waals surface area contributed by atoms with Gasteiger partial charge in [0.05, 0.1) is 18.5 Å². The molecule has 1 aliphatic rings. The molecule has 1 fully saturated rings. The molecular weight excluding hydrogens is 180 g/mol. The largest absolute Gasteiger partial charge is 0.390 e. The Morgan fingerprint density at radius 1 is 1.29 bits per heavy atom. The highest BCUT2D eigenvalue weighted by Gasteiger charge is 2.27. The van der Waals surface area contributed by atoms with Crippen LogP contribution in [0.4, 0.5) is 0 Å². The van der Waals surface area contributed by atoms with E-state index in [1.165, 1.54) is 0 Å². The van der Waals surface area contributed by atoms with Crippen molar-refractivity contribution in [2.75, 3.05) is 0 Å². The van der Waals surface area contributed by atoms with Gasteiger partial charge < -0.3 is 14.8 Å². The lowest BCUT2D eigenvalue weighted by atomic mass is 9.85. The molecule has 1 aromatic heterocycles. The fraction of sp³-hybridized carbons (Fsp3) is 0.700. The number of aromatic nitrogens is 2. The van der Waals surface area contributed by atoms with Gasteiger partial charge in [0, 0.05) is 18.9 Å². The molecular formula is C10H16N2O2. The van der Waals surface area contributed by atoms with Crippen molar-refractivity contribution in [2.45, 2.75) is 38.0 Å². The summed E-state index contributed by atoms with van der Waals surface area (Å²) in [6.07, 6.45) is 6.80. The SMILES string of the molecule is OC1CC[C@@H](Cn2ccnc2)C[C@@H]1O. The summed E-state index contributed by atoms with van der Waals surface area (Å²) in [5.41, 5.74) is 0. The van der Waals surface area contributed by atoms with Crippen molar-refractivity contribution >= 4 is 0 Å². The molecule has 14 heavy (non-hydrogen) atoms. The highest BCUT2D eigenvalue weighted by molar-refractivity contribution is 4.82. The summed E-state index contributed by atoms with van der Waals surface area (Å²) in [6, 6.07) is 0. The Morgan fingerprint density at radius 2 is 2.14 bits per heavy atom. The number of hydrogen-bond acceptors (Lipinski definition) is 3. The number of hydrogen-bond donors (Lipinski definition) is 2. The quantitative estimate of drug-likeness (QED) is 0.720. The molecule has 4 nitrogen and oxygen atoms in total. The molecule has 1 unspecified atom stereocenters. The van der Waals surface area contributed by atoms with E-state index in [1.54, 1.807) is 12.5 Å². The van der Waals surface area contributed by atoms with Gasteiger partial charge in [0.25, 0.3) is 0 Å². The smallest absolute Gasteiger partial charge is 0.0945 e. The van der Waals surface area contributed by atoms with Crippen LogP contribution in [-0.2, 0) is 6.54 Å². The van der Waals surface area contributed by atoms with E-state index < -0.39 is 12.2 Å². The molecule has 1 saturated carbocycles. The van der Waals surface area contributed by atoms with Crippen molar-refractivity contribution in [1.82, 2.24) is 9.55 Å². The fourth-order valence-electron chi connectivity index (χ4n) is 2.07. The first-order valence-corrected chi connectivity index (χ1v) is 5.07. The zero-order valence-corrected chi connectivity index (χ0v) is 8.08. The molecule has 4 heteroatoms. The zero-order chi connectivity index (χ0) is 9.97. The normalized spacial score (nSPS) is 33.1. The lowest BCUT2D eigenvalue weighted by Gasteiger charge is -2.30. The first-order chi connectivity index (χ1) is 6.75. The average molecular weight is 196 g/mol. The molecule has 0 radical (unpaired) electrons. The number of imidazole rings is 1. The molecule has 0 spiro atoms. The molecule has 2 rings (SSSR count). The molecule has 1 heterocycles. The molecule has 1 aliphatic carbocycles. The second-order valence-corrected chi connectivity index (χ2v) is 4.07. The van der Waals surface area contributed by atoms with Crippen molar-refractivity contribution in [3.05, 3.63) is 18.7 Å². The Morgan fingerprint density at radius 3 is 2.79 bits per heavy atom. The Balaban J connectivity index is 1.88. The topological polar surface area (TPSA) is 58.3 Å². The summed E-state index contributed by atoms with van der Waals surface area (Å²) < 4.78 is 2.02. The first kappa shape index (κ1) is 9.68. The third-order valence-corrected chi connectivity index (χ3v) is 2.92. The minimum absolute atomic E-state index is 0.461. The Hall–Kier alpha value is -0.870. The minimum atomic E-state index is -0.544. The standard InChI is InChI=1S/C10H16N2O2/c13-9-2-1-8(5-10(9)14)6-12-4-3-11-7-12/h3-4,7-10,13-14H,1-2,5-6H2/t8-,9?,10+/m1/s1. The van der Waals surface area contributed by atoms with Crippen LogP contribution in [0.3, 0.4) is 0 Å². The van der Waals surface area contributed by atoms with E-state index in [0.29, 0.717) is 18.8 Å². The van der Waals surface area contributed by atoms with Gasteiger partial charge in [-0.2, -0.15) is 0 Å². The van der Waals surface area contributed by atoms with Gasteiger partial charge in [-0.15, -0.1) is 0 Å². The molecule has 78 valence electrons. The van der Waals surface area contributed by atoms with Gasteiger partial charge in [-0.1, -0.05) is 0 Å². The first-order valence-electron chi connectivity index (χ1n) is 5.07. The van der Waals surface area contributed by atoms with Gasteiger partial charge in [0.2, 0.25) is 0 Å². The van der Waals surface area contributed by atoms with Gasteiger partial charge in [-0.05, 0) is 25.2 Å². The van der Waals surface area contributed by atoms with Crippen molar-refractivity contribution in [3.63, 3.8) is 0 Å². The summed E-state index contributed by atoms with van der Waals surface area (Å²) in [7, 11) is 0. The lowest BCUT2D eigenvalue weighted by Crippen LogP contribution is -2.34. The van der Waals surface area contributed by atoms with Gasteiger partial charge in [-0.25, -0.2) is 4.98 Å². The van der Waals surface area contributed by atoms with Crippen LogP contribution in [0, 0.1) is 5.92 Å². The monoisotopic (exact) mass is 196 g/mol. The maximum atomic E-state index is 9.50. The maximum Gasteiger partial charge on any atom is 0.0945 e. The van der Waals surface area contributed by atoms with Crippen LogP contribution < -0.4 is 0 Å². The van der Waals surface area contributed by atoms with E-state index in [0.717, 1.165) is 13.0 Å². The molecule has 1 aromatic rings. The minimum Gasteiger partial charge on any atom is -0.390 e. The van der Waals surface area contributed by atoms with E-state index in [1.807, 2.05) is 10.8 Å². The Kier molecular flexibility index (Phi) is 2.84. The van der Waals surface area contributed by atoms with Crippen molar-refractivity contribution in [1.29, 1.82) is 0 Å². The summed E-state index contributed by atoms with van der Waals surface area (Å²) in [5.74, 6) is 0.461. The molecule has 0 bridgehead atoms. The molecule has 0 aliphatic heterocycles. The second-order valence-electron chi connectivity index (χ2n) is 4.07. The van der Waals surface area contributed by atoms with Crippen LogP contribution in [0.25, 0.3) is 0 Å². The van der Waals surface area contributed by atoms with Crippen LogP contribution in [0.1, 0.15) is 19.3 Å². The summed E-state index contributed by atoms with van der Waals surface area (Å²) in [4.78, 5) is 3.97. The third kappa shape index (κ3) is 2.13. The predicted molar refractivity (Wildman–Crippen MR) is 51.6 cm³/mol. The van der Waals surface area contributed by atoms with Crippen molar-refractivity contribution in [3.8, 4) is 0 Å². The number of nitrogens with zero attached hydrogens (tertiary/aromatic N) is 2. The molecule has 0 aromatic carbocycles. The second kappa shape index (κ2) is 4.11. The summed E-state index contributed by atoms with van der Waals surface area (Å²) >= 11 is 0. The Labute approximate surface area is 83.2 Å². The summed E-state index contributed by atoms with van der Waals surface area (Å²) in [5, 5.41) is 18.9. The van der Waals surface area contributed by atoms with Gasteiger partial charge in [0.15, 0.2) is 0 Å². The predicted octanol–water partition coefficient (Wildman–Crippen LogP) is 0.405. The highest BCUT2D eigenvalue weighted by atomic mass is 16.3. The van der Waals surface area contributed by atoms with Crippen molar-refractivity contribution < 1.29 is 10.2 Å². The van der Waals surface area contributed by atoms with Gasteiger partial charge in [-0.3, -0.25) is 0 Å². The van der Waals surface area contributed by atoms with Crippen LogP contribution in [0.2, 0.25) is 0 Å². The highest BCUT2D eigenvalue weighted by Crippen LogP contribution is 2.25. The van der Waals surface area contributed by atoms with E-state index in [9.17, 15) is 10.2 Å². The third-order valence-electron chi connectivity index (χ3n) is 2.92. The fourth-order valence-corrected chi connectivity index (χ4v) is 2.07. The number of rotatable bonds is 2. The molecule has 0 saturated heterocycles. The van der Waals surface area contributed by atoms with Crippen LogP contribution in [0.5, 0.6) is 0 Å². The average Bonchev–Trinajstić information content (AvgIpc) is 2.64. The van der Waals surface area contributed by atoms with Crippen LogP contribution in [0.15, 0.2) is 18.7 Å². The molecule has 2 N–H and O–H groups in total. The van der Waals surface area contributed by atoms with Crippen molar-refractivity contribution in [2.24, 2.45) is 5.92 Å². The number of aliphatic hydroxyl groups is 2. The van der Waals surface area contributed by atoms with E-state index >= 15 is 0 Å². The zero-order valence-electron chi connectivity index (χ0n) is 8.08. The van der Waals surface area contributed by atoms with E-state index in [4.69, 9.17) is 0 Å².